The molecule has 1 aliphatic rings. The highest BCUT2D eigenvalue weighted by molar-refractivity contribution is 5.80. The number of esters is 1. The second kappa shape index (κ2) is 8.08. The zero-order valence-corrected chi connectivity index (χ0v) is 15.9. The summed E-state index contributed by atoms with van der Waals surface area (Å²) in [6, 6.07) is 6.50. The minimum absolute atomic E-state index is 0.0551. The lowest BCUT2D eigenvalue weighted by atomic mass is 9.95. The van der Waals surface area contributed by atoms with Crippen molar-refractivity contribution < 1.29 is 38.0 Å². The molecule has 0 saturated heterocycles. The standard InChI is InChI=1S/C20H20O8/c1-11(22)28-19(12-5-17(23-2)20(25-4)18(6-12)24-3)14-8-16-15(26-10-27-16)7-13(14)9-21/h5-9,19H,10H2,1-4H3. The van der Waals surface area contributed by atoms with E-state index >= 15 is 0 Å². The molecule has 0 spiro atoms. The van der Waals surface area contributed by atoms with E-state index in [1.54, 1.807) is 24.3 Å². The van der Waals surface area contributed by atoms with Crippen LogP contribution in [0.15, 0.2) is 24.3 Å². The molecule has 0 amide bonds. The molecular weight excluding hydrogens is 368 g/mol. The minimum atomic E-state index is -0.902. The predicted octanol–water partition coefficient (Wildman–Crippen LogP) is 2.91. The van der Waals surface area contributed by atoms with E-state index in [-0.39, 0.29) is 6.79 Å². The van der Waals surface area contributed by atoms with Crippen molar-refractivity contribution in [1.82, 2.24) is 0 Å². The normalized spacial score (nSPS) is 12.9. The average molecular weight is 388 g/mol. The van der Waals surface area contributed by atoms with Crippen molar-refractivity contribution in [2.75, 3.05) is 28.1 Å². The number of methoxy groups -OCH3 is 3. The van der Waals surface area contributed by atoms with Crippen molar-refractivity contribution in [3.63, 3.8) is 0 Å². The molecule has 0 saturated carbocycles. The number of carbonyl (C=O) groups excluding carboxylic acids is 2. The molecule has 2 aromatic carbocycles. The maximum Gasteiger partial charge on any atom is 0.303 e. The third kappa shape index (κ3) is 3.53. The lowest BCUT2D eigenvalue weighted by Crippen LogP contribution is -2.13. The summed E-state index contributed by atoms with van der Waals surface area (Å²) in [6.45, 7) is 1.35. The van der Waals surface area contributed by atoms with Gasteiger partial charge in [0, 0.05) is 23.6 Å². The SMILES string of the molecule is COc1cc(C(OC(C)=O)c2cc3c(cc2C=O)OCO3)cc(OC)c1OC. The van der Waals surface area contributed by atoms with Crippen LogP contribution in [-0.2, 0) is 9.53 Å². The molecule has 3 rings (SSSR count). The van der Waals surface area contributed by atoms with Crippen molar-refractivity contribution >= 4 is 12.3 Å². The van der Waals surface area contributed by atoms with Gasteiger partial charge in [-0.1, -0.05) is 0 Å². The molecule has 0 radical (unpaired) electrons. The molecule has 0 N–H and O–H groups in total. The highest BCUT2D eigenvalue weighted by Gasteiger charge is 2.27. The Labute approximate surface area is 161 Å². The van der Waals surface area contributed by atoms with Gasteiger partial charge in [0.05, 0.1) is 21.3 Å². The van der Waals surface area contributed by atoms with Gasteiger partial charge in [-0.3, -0.25) is 9.59 Å². The van der Waals surface area contributed by atoms with Crippen molar-refractivity contribution in [3.05, 3.63) is 41.0 Å². The van der Waals surface area contributed by atoms with Crippen LogP contribution in [0.25, 0.3) is 0 Å². The number of aldehydes is 1. The van der Waals surface area contributed by atoms with Crippen molar-refractivity contribution in [2.24, 2.45) is 0 Å². The van der Waals surface area contributed by atoms with Gasteiger partial charge in [-0.15, -0.1) is 0 Å². The van der Waals surface area contributed by atoms with E-state index in [2.05, 4.69) is 0 Å². The smallest absolute Gasteiger partial charge is 0.303 e. The summed E-state index contributed by atoms with van der Waals surface area (Å²) < 4.78 is 32.4. The fourth-order valence-electron chi connectivity index (χ4n) is 3.03. The first-order chi connectivity index (χ1) is 13.5. The zero-order valence-electron chi connectivity index (χ0n) is 15.9. The van der Waals surface area contributed by atoms with E-state index in [9.17, 15) is 9.59 Å². The average Bonchev–Trinajstić information content (AvgIpc) is 3.17. The van der Waals surface area contributed by atoms with Gasteiger partial charge in [-0.05, 0) is 24.3 Å². The van der Waals surface area contributed by atoms with Crippen LogP contribution in [0, 0.1) is 0 Å². The molecular formula is C20H20O8. The Morgan fingerprint density at radius 2 is 1.61 bits per heavy atom. The Bertz CT molecular complexity index is 880. The zero-order chi connectivity index (χ0) is 20.3. The first kappa shape index (κ1) is 19.3. The molecule has 0 aliphatic carbocycles. The number of carbonyl (C=O) groups is 2. The molecule has 1 aliphatic heterocycles. The van der Waals surface area contributed by atoms with Crippen LogP contribution in [0.3, 0.4) is 0 Å². The van der Waals surface area contributed by atoms with E-state index in [0.29, 0.717) is 51.7 Å². The quantitative estimate of drug-likeness (QED) is 0.528. The molecule has 0 aromatic heterocycles. The number of benzene rings is 2. The molecule has 1 unspecified atom stereocenters. The van der Waals surface area contributed by atoms with Gasteiger partial charge in [0.25, 0.3) is 0 Å². The van der Waals surface area contributed by atoms with Crippen molar-refractivity contribution in [1.29, 1.82) is 0 Å². The molecule has 0 bridgehead atoms. The Kier molecular flexibility index (Phi) is 5.58. The Morgan fingerprint density at radius 3 is 2.11 bits per heavy atom. The van der Waals surface area contributed by atoms with Gasteiger partial charge in [0.1, 0.15) is 0 Å². The molecule has 1 atom stereocenters. The summed E-state index contributed by atoms with van der Waals surface area (Å²) in [7, 11) is 4.46. The lowest BCUT2D eigenvalue weighted by molar-refractivity contribution is -0.144. The number of hydrogen-bond donors (Lipinski definition) is 0. The van der Waals surface area contributed by atoms with Crippen LogP contribution in [0.4, 0.5) is 0 Å². The van der Waals surface area contributed by atoms with Gasteiger partial charge < -0.3 is 28.4 Å². The van der Waals surface area contributed by atoms with Crippen LogP contribution in [-0.4, -0.2) is 40.4 Å². The van der Waals surface area contributed by atoms with Gasteiger partial charge in [0.15, 0.2) is 35.4 Å². The summed E-state index contributed by atoms with van der Waals surface area (Å²) in [5, 5.41) is 0. The van der Waals surface area contributed by atoms with Gasteiger partial charge >= 0.3 is 5.97 Å². The first-order valence-corrected chi connectivity index (χ1v) is 8.38. The second-order valence-corrected chi connectivity index (χ2v) is 5.90. The third-order valence-corrected chi connectivity index (χ3v) is 4.26. The van der Waals surface area contributed by atoms with E-state index in [1.807, 2.05) is 0 Å². The summed E-state index contributed by atoms with van der Waals surface area (Å²) in [6.07, 6.45) is -0.230. The Hall–Kier alpha value is -3.42. The van der Waals surface area contributed by atoms with Crippen LogP contribution in [0.5, 0.6) is 28.7 Å². The fourth-order valence-corrected chi connectivity index (χ4v) is 3.03. The monoisotopic (exact) mass is 388 g/mol. The maximum absolute atomic E-state index is 11.8. The van der Waals surface area contributed by atoms with E-state index in [4.69, 9.17) is 28.4 Å². The van der Waals surface area contributed by atoms with Gasteiger partial charge in [-0.25, -0.2) is 0 Å². The Balaban J connectivity index is 2.19. The maximum atomic E-state index is 11.8. The number of rotatable bonds is 7. The van der Waals surface area contributed by atoms with Crippen molar-refractivity contribution in [3.8, 4) is 28.7 Å². The molecule has 8 nitrogen and oxygen atoms in total. The van der Waals surface area contributed by atoms with E-state index < -0.39 is 12.1 Å². The van der Waals surface area contributed by atoms with Crippen molar-refractivity contribution in [2.45, 2.75) is 13.0 Å². The largest absolute Gasteiger partial charge is 0.493 e. The number of ether oxygens (including phenoxy) is 6. The molecule has 148 valence electrons. The van der Waals surface area contributed by atoms with Crippen LogP contribution >= 0.6 is 0 Å². The predicted molar refractivity (Wildman–Crippen MR) is 97.7 cm³/mol. The minimum Gasteiger partial charge on any atom is -0.493 e. The summed E-state index contributed by atoms with van der Waals surface area (Å²) in [5.74, 6) is 1.58. The fraction of sp³-hybridized carbons (Fsp3) is 0.300. The topological polar surface area (TPSA) is 89.5 Å². The highest BCUT2D eigenvalue weighted by Crippen LogP contribution is 2.44. The molecule has 0 fully saturated rings. The Morgan fingerprint density at radius 1 is 1.00 bits per heavy atom. The lowest BCUT2D eigenvalue weighted by Gasteiger charge is -2.22. The first-order valence-electron chi connectivity index (χ1n) is 8.38. The van der Waals surface area contributed by atoms with E-state index in [0.717, 1.165) is 0 Å². The molecule has 28 heavy (non-hydrogen) atoms. The summed E-state index contributed by atoms with van der Waals surface area (Å²) in [5.41, 5.74) is 1.29. The van der Waals surface area contributed by atoms with E-state index in [1.165, 1.54) is 28.3 Å². The van der Waals surface area contributed by atoms with Crippen LogP contribution < -0.4 is 23.7 Å². The molecule has 1 heterocycles. The summed E-state index contributed by atoms with van der Waals surface area (Å²) in [4.78, 5) is 23.5. The van der Waals surface area contributed by atoms with Gasteiger partial charge in [-0.2, -0.15) is 0 Å². The summed E-state index contributed by atoms with van der Waals surface area (Å²) >= 11 is 0. The third-order valence-electron chi connectivity index (χ3n) is 4.26. The molecule has 2 aromatic rings. The number of hydrogen-bond acceptors (Lipinski definition) is 8. The number of fused-ring (bicyclic) bond motifs is 1. The second-order valence-electron chi connectivity index (χ2n) is 5.90. The highest BCUT2D eigenvalue weighted by atomic mass is 16.7. The molecule has 8 heteroatoms. The van der Waals surface area contributed by atoms with Crippen LogP contribution in [0.1, 0.15) is 34.5 Å². The van der Waals surface area contributed by atoms with Gasteiger partial charge in [0.2, 0.25) is 12.5 Å². The van der Waals surface area contributed by atoms with Crippen LogP contribution in [0.2, 0.25) is 0 Å².